The number of ketones is 1. The minimum absolute atomic E-state index is 0.000140. The molecule has 1 aromatic rings. The van der Waals surface area contributed by atoms with Crippen molar-refractivity contribution >= 4 is 38.8 Å². The zero-order valence-electron chi connectivity index (χ0n) is 15.0. The Morgan fingerprint density at radius 2 is 1.81 bits per heavy atom. The van der Waals surface area contributed by atoms with E-state index in [1.165, 1.54) is 0 Å². The SMILES string of the molecule is CC(=O)C(=O)Nc1cc(NS(C)(=O)=O)c(OC2CCCCC2)cc1[N+](=O)[O-]. The van der Waals surface area contributed by atoms with Gasteiger partial charge in [-0.1, -0.05) is 6.42 Å². The molecule has 0 aromatic heterocycles. The Kier molecular flexibility index (Phi) is 6.37. The standard InChI is InChI=1S/C16H21N3O7S/c1-10(20)16(21)17-12-8-13(18-27(2,24)25)15(9-14(12)19(22)23)26-11-6-4-3-5-7-11/h8-9,11,18H,3-7H2,1-2H3,(H,17,21). The Labute approximate surface area is 156 Å². The number of nitrogens with one attached hydrogen (secondary N) is 2. The number of hydrogen-bond acceptors (Lipinski definition) is 7. The average molecular weight is 399 g/mol. The summed E-state index contributed by atoms with van der Waals surface area (Å²) in [7, 11) is -3.71. The summed E-state index contributed by atoms with van der Waals surface area (Å²) in [5, 5.41) is 13.5. The monoisotopic (exact) mass is 399 g/mol. The Morgan fingerprint density at radius 1 is 1.19 bits per heavy atom. The van der Waals surface area contributed by atoms with Gasteiger partial charge in [-0.3, -0.25) is 24.4 Å². The van der Waals surface area contributed by atoms with Crippen molar-refractivity contribution in [1.82, 2.24) is 0 Å². The number of hydrogen-bond donors (Lipinski definition) is 2. The van der Waals surface area contributed by atoms with Crippen LogP contribution < -0.4 is 14.8 Å². The fourth-order valence-corrected chi connectivity index (χ4v) is 3.33. The molecule has 1 amide bonds. The minimum Gasteiger partial charge on any atom is -0.488 e. The lowest BCUT2D eigenvalue weighted by atomic mass is 9.98. The van der Waals surface area contributed by atoms with Gasteiger partial charge in [-0.05, 0) is 31.7 Å². The molecular weight excluding hydrogens is 378 g/mol. The summed E-state index contributed by atoms with van der Waals surface area (Å²) < 4.78 is 31.4. The van der Waals surface area contributed by atoms with Crippen molar-refractivity contribution < 1.29 is 27.7 Å². The van der Waals surface area contributed by atoms with Gasteiger partial charge in [-0.2, -0.15) is 0 Å². The van der Waals surface area contributed by atoms with E-state index in [4.69, 9.17) is 4.74 Å². The summed E-state index contributed by atoms with van der Waals surface area (Å²) >= 11 is 0. The fraction of sp³-hybridized carbons (Fsp3) is 0.500. The number of anilines is 2. The first kappa shape index (κ1) is 20.6. The fourth-order valence-electron chi connectivity index (χ4n) is 2.77. The van der Waals surface area contributed by atoms with Crippen molar-refractivity contribution in [3.63, 3.8) is 0 Å². The maximum Gasteiger partial charge on any atom is 0.296 e. The summed E-state index contributed by atoms with van der Waals surface area (Å²) in [4.78, 5) is 33.4. The van der Waals surface area contributed by atoms with E-state index >= 15 is 0 Å². The predicted molar refractivity (Wildman–Crippen MR) is 98.4 cm³/mol. The number of sulfonamides is 1. The average Bonchev–Trinajstić information content (AvgIpc) is 2.56. The Bertz CT molecular complexity index is 861. The van der Waals surface area contributed by atoms with E-state index in [2.05, 4.69) is 10.0 Å². The summed E-state index contributed by atoms with van der Waals surface area (Å²) in [6.07, 6.45) is 5.24. The van der Waals surface area contributed by atoms with Crippen LogP contribution in [0.2, 0.25) is 0 Å². The number of rotatable bonds is 7. The van der Waals surface area contributed by atoms with Gasteiger partial charge in [-0.15, -0.1) is 0 Å². The van der Waals surface area contributed by atoms with Crippen molar-refractivity contribution in [2.75, 3.05) is 16.3 Å². The van der Waals surface area contributed by atoms with Crippen LogP contribution in [0.1, 0.15) is 39.0 Å². The van der Waals surface area contributed by atoms with E-state index in [0.29, 0.717) is 0 Å². The van der Waals surface area contributed by atoms with Crippen LogP contribution in [-0.2, 0) is 19.6 Å². The van der Waals surface area contributed by atoms with E-state index in [1.54, 1.807) is 0 Å². The Balaban J connectivity index is 2.48. The molecule has 1 aliphatic rings. The number of benzene rings is 1. The Morgan fingerprint density at radius 3 is 2.33 bits per heavy atom. The first-order valence-electron chi connectivity index (χ1n) is 8.35. The molecule has 148 valence electrons. The molecular formula is C16H21N3O7S. The van der Waals surface area contributed by atoms with Gasteiger partial charge in [0.25, 0.3) is 11.6 Å². The zero-order chi connectivity index (χ0) is 20.2. The number of carbonyl (C=O) groups excluding carboxylic acids is 2. The molecule has 0 atom stereocenters. The highest BCUT2D eigenvalue weighted by Crippen LogP contribution is 2.38. The lowest BCUT2D eigenvalue weighted by Gasteiger charge is -2.24. The summed E-state index contributed by atoms with van der Waals surface area (Å²) in [6.45, 7) is 1.01. The summed E-state index contributed by atoms with van der Waals surface area (Å²) in [6, 6.07) is 2.13. The maximum atomic E-state index is 11.7. The molecule has 0 bridgehead atoms. The molecule has 27 heavy (non-hydrogen) atoms. The van der Waals surface area contributed by atoms with Crippen molar-refractivity contribution in [3.05, 3.63) is 22.2 Å². The Hall–Kier alpha value is -2.69. The van der Waals surface area contributed by atoms with E-state index < -0.39 is 32.3 Å². The van der Waals surface area contributed by atoms with Crippen LogP contribution in [0.3, 0.4) is 0 Å². The number of nitro benzene ring substituents is 1. The van der Waals surface area contributed by atoms with Gasteiger partial charge in [0.05, 0.1) is 29.0 Å². The first-order valence-corrected chi connectivity index (χ1v) is 10.2. The molecule has 0 spiro atoms. The molecule has 11 heteroatoms. The number of nitrogens with zero attached hydrogens (tertiary/aromatic N) is 1. The smallest absolute Gasteiger partial charge is 0.296 e. The third kappa shape index (κ3) is 5.91. The van der Waals surface area contributed by atoms with E-state index in [-0.39, 0.29) is 23.2 Å². The molecule has 1 saturated carbocycles. The first-order chi connectivity index (χ1) is 12.6. The van der Waals surface area contributed by atoms with E-state index in [1.807, 2.05) is 0 Å². The summed E-state index contributed by atoms with van der Waals surface area (Å²) in [5.74, 6) is -1.89. The normalized spacial score (nSPS) is 15.0. The van der Waals surface area contributed by atoms with Gasteiger partial charge in [-0.25, -0.2) is 8.42 Å². The molecule has 0 radical (unpaired) electrons. The second kappa shape index (κ2) is 8.33. The molecule has 2 rings (SSSR count). The quantitative estimate of drug-likeness (QED) is 0.406. The lowest BCUT2D eigenvalue weighted by Crippen LogP contribution is -2.22. The van der Waals surface area contributed by atoms with Gasteiger partial charge < -0.3 is 10.1 Å². The van der Waals surface area contributed by atoms with Crippen molar-refractivity contribution in [1.29, 1.82) is 0 Å². The highest BCUT2D eigenvalue weighted by molar-refractivity contribution is 7.92. The lowest BCUT2D eigenvalue weighted by molar-refractivity contribution is -0.384. The molecule has 0 aliphatic heterocycles. The van der Waals surface area contributed by atoms with Gasteiger partial charge in [0, 0.05) is 6.92 Å². The van der Waals surface area contributed by atoms with E-state index in [9.17, 15) is 28.1 Å². The van der Waals surface area contributed by atoms with Crippen molar-refractivity contribution in [2.24, 2.45) is 0 Å². The van der Waals surface area contributed by atoms with Crippen LogP contribution in [0, 0.1) is 10.1 Å². The second-order valence-electron chi connectivity index (χ2n) is 6.39. The molecule has 0 saturated heterocycles. The number of amides is 1. The number of ether oxygens (including phenoxy) is 1. The van der Waals surface area contributed by atoms with Gasteiger partial charge in [0.15, 0.2) is 5.75 Å². The predicted octanol–water partition coefficient (Wildman–Crippen LogP) is 2.21. The zero-order valence-corrected chi connectivity index (χ0v) is 15.8. The van der Waals surface area contributed by atoms with Crippen LogP contribution in [0.25, 0.3) is 0 Å². The van der Waals surface area contributed by atoms with Crippen LogP contribution in [0.4, 0.5) is 17.1 Å². The van der Waals surface area contributed by atoms with Gasteiger partial charge in [0.2, 0.25) is 15.8 Å². The molecule has 10 nitrogen and oxygen atoms in total. The third-order valence-corrected chi connectivity index (χ3v) is 4.59. The number of carbonyl (C=O) groups is 2. The van der Waals surface area contributed by atoms with Gasteiger partial charge >= 0.3 is 0 Å². The molecule has 0 heterocycles. The highest BCUT2D eigenvalue weighted by Gasteiger charge is 2.25. The second-order valence-corrected chi connectivity index (χ2v) is 8.13. The van der Waals surface area contributed by atoms with Crippen LogP contribution in [0.5, 0.6) is 5.75 Å². The number of nitro groups is 1. The van der Waals surface area contributed by atoms with E-state index in [0.717, 1.165) is 57.4 Å². The molecule has 0 unspecified atom stereocenters. The van der Waals surface area contributed by atoms with Crippen molar-refractivity contribution in [3.8, 4) is 5.75 Å². The topological polar surface area (TPSA) is 145 Å². The van der Waals surface area contributed by atoms with Crippen LogP contribution in [0.15, 0.2) is 12.1 Å². The minimum atomic E-state index is -3.71. The number of Topliss-reactive ketones (excluding diaryl/α,β-unsaturated/α-hetero) is 1. The molecule has 1 aromatic carbocycles. The van der Waals surface area contributed by atoms with Crippen LogP contribution >= 0.6 is 0 Å². The summed E-state index contributed by atoms with van der Waals surface area (Å²) in [5.41, 5.74) is -0.857. The third-order valence-electron chi connectivity index (χ3n) is 4.00. The van der Waals surface area contributed by atoms with Gasteiger partial charge in [0.1, 0.15) is 5.69 Å². The molecule has 1 fully saturated rings. The van der Waals surface area contributed by atoms with Crippen molar-refractivity contribution in [2.45, 2.75) is 45.1 Å². The molecule has 2 N–H and O–H groups in total. The van der Waals surface area contributed by atoms with Crippen LogP contribution in [-0.4, -0.2) is 37.4 Å². The largest absolute Gasteiger partial charge is 0.488 e. The maximum absolute atomic E-state index is 11.7. The highest BCUT2D eigenvalue weighted by atomic mass is 32.2. The molecule has 1 aliphatic carbocycles.